The first-order chi connectivity index (χ1) is 6.91. The van der Waals surface area contributed by atoms with Crippen molar-refractivity contribution >= 4 is 60.9 Å². The third-order valence-electron chi connectivity index (χ3n) is 1.23. The van der Waals surface area contributed by atoms with E-state index in [1.165, 1.54) is 0 Å². The van der Waals surface area contributed by atoms with Gasteiger partial charge in [0.05, 0.1) is 13.2 Å². The molecule has 0 aliphatic heterocycles. The maximum Gasteiger partial charge on any atom is 0.399 e. The summed E-state index contributed by atoms with van der Waals surface area (Å²) in [5.74, 6) is 0.842. The molecule has 0 amide bonds. The number of thiol groups is 4. The molecule has 0 fully saturated rings. The van der Waals surface area contributed by atoms with Gasteiger partial charge in [0, 0.05) is 22.0 Å². The molecular weight excluding hydrogens is 296 g/mol. The van der Waals surface area contributed by atoms with Crippen LogP contribution in [0.5, 0.6) is 0 Å². The molecule has 2 atom stereocenters. The largest absolute Gasteiger partial charge is 0.399 e. The predicted octanol–water partition coefficient (Wildman–Crippen LogP) is 0.721. The van der Waals surface area contributed by atoms with Gasteiger partial charge in [0.15, 0.2) is 0 Å². The monoisotopic (exact) mass is 310 g/mol. The Morgan fingerprint density at radius 1 is 0.933 bits per heavy atom. The van der Waals surface area contributed by atoms with Crippen molar-refractivity contribution in [3.8, 4) is 0 Å². The molecule has 15 heavy (non-hydrogen) atoms. The fraction of sp³-hybridized carbons (Fsp3) is 1.00. The van der Waals surface area contributed by atoms with Gasteiger partial charge < -0.3 is 0 Å². The van der Waals surface area contributed by atoms with Crippen molar-refractivity contribution in [2.24, 2.45) is 0 Å². The van der Waals surface area contributed by atoms with E-state index in [9.17, 15) is 8.42 Å². The molecule has 92 valence electrons. The first-order valence-corrected chi connectivity index (χ1v) is 7.66. The van der Waals surface area contributed by atoms with E-state index in [4.69, 9.17) is 0 Å². The van der Waals surface area contributed by atoms with Crippen LogP contribution >= 0.6 is 50.5 Å². The third kappa shape index (κ3) is 9.02. The molecule has 0 aliphatic carbocycles. The molecule has 0 heterocycles. The van der Waals surface area contributed by atoms with Crippen molar-refractivity contribution in [2.45, 2.75) is 10.5 Å². The van der Waals surface area contributed by atoms with Gasteiger partial charge in [-0.15, -0.1) is 0 Å². The Balaban J connectivity index is 3.87. The summed E-state index contributed by atoms with van der Waals surface area (Å²) in [4.78, 5) is 0. The molecule has 0 aromatic rings. The van der Waals surface area contributed by atoms with Crippen molar-refractivity contribution in [3.63, 3.8) is 0 Å². The van der Waals surface area contributed by atoms with Gasteiger partial charge in [0.2, 0.25) is 0 Å². The van der Waals surface area contributed by atoms with Crippen LogP contribution in [-0.2, 0) is 18.8 Å². The maximum absolute atomic E-state index is 11.1. The normalized spacial score (nSPS) is 16.3. The number of hydrogen-bond donors (Lipinski definition) is 4. The molecule has 0 aromatic carbocycles. The Bertz CT molecular complexity index is 234. The lowest BCUT2D eigenvalue weighted by atomic mass is 10.5. The first-order valence-electron chi connectivity index (χ1n) is 4.03. The van der Waals surface area contributed by atoms with Gasteiger partial charge in [-0.25, -0.2) is 8.37 Å². The zero-order chi connectivity index (χ0) is 11.9. The zero-order valence-electron chi connectivity index (χ0n) is 7.81. The van der Waals surface area contributed by atoms with Gasteiger partial charge in [-0.3, -0.25) is 0 Å². The van der Waals surface area contributed by atoms with E-state index in [1.54, 1.807) is 0 Å². The van der Waals surface area contributed by atoms with Crippen molar-refractivity contribution in [2.75, 3.05) is 24.7 Å². The van der Waals surface area contributed by atoms with Crippen molar-refractivity contribution < 1.29 is 16.8 Å². The summed E-state index contributed by atoms with van der Waals surface area (Å²) in [7, 11) is -3.96. The summed E-state index contributed by atoms with van der Waals surface area (Å²) in [5, 5.41) is -0.494. The zero-order valence-corrected chi connectivity index (χ0v) is 12.2. The highest BCUT2D eigenvalue weighted by atomic mass is 32.3. The van der Waals surface area contributed by atoms with E-state index >= 15 is 0 Å². The van der Waals surface area contributed by atoms with Crippen LogP contribution in [0.15, 0.2) is 0 Å². The molecule has 0 N–H and O–H groups in total. The van der Waals surface area contributed by atoms with Crippen LogP contribution in [0.3, 0.4) is 0 Å². The van der Waals surface area contributed by atoms with Crippen LogP contribution in [0, 0.1) is 0 Å². The lowest BCUT2D eigenvalue weighted by molar-refractivity contribution is 0.220. The molecule has 2 unspecified atom stereocenters. The summed E-state index contributed by atoms with van der Waals surface area (Å²) in [6.45, 7) is -0.125. The van der Waals surface area contributed by atoms with E-state index in [0.29, 0.717) is 11.5 Å². The van der Waals surface area contributed by atoms with Crippen LogP contribution in [0.1, 0.15) is 0 Å². The molecule has 0 saturated heterocycles. The van der Waals surface area contributed by atoms with Crippen molar-refractivity contribution in [1.29, 1.82) is 0 Å². The molecule has 0 bridgehead atoms. The van der Waals surface area contributed by atoms with Crippen LogP contribution < -0.4 is 0 Å². The molecule has 0 aromatic heterocycles. The minimum atomic E-state index is -3.96. The summed E-state index contributed by atoms with van der Waals surface area (Å²) >= 11 is 15.9. The molecular formula is C6H14O4S5. The van der Waals surface area contributed by atoms with Crippen molar-refractivity contribution in [3.05, 3.63) is 0 Å². The topological polar surface area (TPSA) is 52.6 Å². The number of rotatable bonds is 8. The first kappa shape index (κ1) is 16.3. The fourth-order valence-electron chi connectivity index (χ4n) is 0.463. The van der Waals surface area contributed by atoms with Gasteiger partial charge >= 0.3 is 10.4 Å². The molecule has 0 saturated carbocycles. The minimum Gasteiger partial charge on any atom is -0.247 e. The highest BCUT2D eigenvalue weighted by molar-refractivity contribution is 7.85. The van der Waals surface area contributed by atoms with Crippen LogP contribution in [0.4, 0.5) is 0 Å². The van der Waals surface area contributed by atoms with E-state index in [-0.39, 0.29) is 23.7 Å². The molecule has 9 heteroatoms. The Morgan fingerprint density at radius 3 is 1.53 bits per heavy atom. The van der Waals surface area contributed by atoms with Gasteiger partial charge in [-0.1, -0.05) is 0 Å². The highest BCUT2D eigenvalue weighted by Crippen LogP contribution is 2.06. The van der Waals surface area contributed by atoms with Crippen LogP contribution in [0.25, 0.3) is 0 Å². The second kappa shape index (κ2) is 8.37. The highest BCUT2D eigenvalue weighted by Gasteiger charge is 2.15. The van der Waals surface area contributed by atoms with E-state index in [2.05, 4.69) is 58.9 Å². The van der Waals surface area contributed by atoms with E-state index in [1.807, 2.05) is 0 Å². The molecule has 0 aliphatic rings. The Hall–Kier alpha value is 1.27. The summed E-state index contributed by atoms with van der Waals surface area (Å²) in [6.07, 6.45) is 0. The SMILES string of the molecule is O=S(=O)(OCC(S)CS)OCC(S)CS. The van der Waals surface area contributed by atoms with Gasteiger partial charge in [0.25, 0.3) is 0 Å². The van der Waals surface area contributed by atoms with E-state index < -0.39 is 10.4 Å². The van der Waals surface area contributed by atoms with E-state index in [0.717, 1.165) is 0 Å². The maximum atomic E-state index is 11.1. The number of hydrogen-bond acceptors (Lipinski definition) is 8. The average Bonchev–Trinajstić information content (AvgIpc) is 2.22. The molecule has 0 spiro atoms. The quantitative estimate of drug-likeness (QED) is 0.499. The second-order valence-electron chi connectivity index (χ2n) is 2.65. The second-order valence-corrected chi connectivity index (χ2v) is 6.13. The lowest BCUT2D eigenvalue weighted by Gasteiger charge is -2.10. The third-order valence-corrected chi connectivity index (χ3v) is 4.20. The summed E-state index contributed by atoms with van der Waals surface area (Å²) in [5.41, 5.74) is 0. The summed E-state index contributed by atoms with van der Waals surface area (Å²) < 4.78 is 31.3. The van der Waals surface area contributed by atoms with Gasteiger partial charge in [-0.2, -0.15) is 58.9 Å². The average molecular weight is 311 g/mol. The standard InChI is InChI=1S/C6H14O4S5/c7-15(8,9-1-5(13)3-11)10-2-6(14)4-12/h5-6,11-14H,1-4H2. The van der Waals surface area contributed by atoms with Gasteiger partial charge in [0.1, 0.15) is 0 Å². The molecule has 0 rings (SSSR count). The molecule has 4 nitrogen and oxygen atoms in total. The summed E-state index contributed by atoms with van der Waals surface area (Å²) in [6, 6.07) is 0. The predicted molar refractivity (Wildman–Crippen MR) is 74.1 cm³/mol. The Kier molecular flexibility index (Phi) is 9.08. The fourth-order valence-corrected chi connectivity index (χ4v) is 1.75. The lowest BCUT2D eigenvalue weighted by Crippen LogP contribution is -2.21. The Morgan fingerprint density at radius 2 is 1.27 bits per heavy atom. The van der Waals surface area contributed by atoms with Crippen molar-refractivity contribution in [1.82, 2.24) is 0 Å². The smallest absolute Gasteiger partial charge is 0.247 e. The Labute approximate surface area is 112 Å². The van der Waals surface area contributed by atoms with Crippen LogP contribution in [0.2, 0.25) is 0 Å². The molecule has 0 radical (unpaired) electrons. The minimum absolute atomic E-state index is 0.0624. The van der Waals surface area contributed by atoms with Crippen LogP contribution in [-0.4, -0.2) is 43.6 Å². The van der Waals surface area contributed by atoms with Gasteiger partial charge in [-0.05, 0) is 0 Å².